The predicted molar refractivity (Wildman–Crippen MR) is 80.3 cm³/mol. The lowest BCUT2D eigenvalue weighted by molar-refractivity contribution is -0.140. The van der Waals surface area contributed by atoms with Crippen molar-refractivity contribution in [1.82, 2.24) is 10.7 Å². The van der Waals surface area contributed by atoms with E-state index in [1.54, 1.807) is 44.2 Å². The maximum absolute atomic E-state index is 12.1. The number of benzene rings is 1. The summed E-state index contributed by atoms with van der Waals surface area (Å²) in [5.74, 6) is -1.90. The Morgan fingerprint density at radius 2 is 1.71 bits per heavy atom. The lowest BCUT2D eigenvalue weighted by Gasteiger charge is -2.23. The van der Waals surface area contributed by atoms with Crippen LogP contribution in [0.4, 0.5) is 5.69 Å². The molecule has 1 rings (SSSR count). The summed E-state index contributed by atoms with van der Waals surface area (Å²) in [5.41, 5.74) is 2.87. The maximum Gasteiger partial charge on any atom is 0.328 e. The quantitative estimate of drug-likeness (QED) is 0.649. The summed E-state index contributed by atoms with van der Waals surface area (Å²) in [6.45, 7) is 5.37. The second-order valence-corrected chi connectivity index (χ2v) is 4.88. The fraction of sp³-hybridized carbons (Fsp3) is 0.400. The Morgan fingerprint density at radius 3 is 2.24 bits per heavy atom. The van der Waals surface area contributed by atoms with Gasteiger partial charge in [-0.25, -0.2) is 5.01 Å². The molecule has 2 N–H and O–H groups in total. The molecule has 0 aliphatic heterocycles. The Kier molecular flexibility index (Phi) is 6.39. The molecule has 114 valence electrons. The molecule has 0 heterocycles. The van der Waals surface area contributed by atoms with E-state index in [2.05, 4.69) is 10.7 Å². The molecule has 1 aromatic carbocycles. The highest BCUT2D eigenvalue weighted by Crippen LogP contribution is 2.12. The van der Waals surface area contributed by atoms with Gasteiger partial charge in [0.15, 0.2) is 0 Å². The second kappa shape index (κ2) is 8.04. The van der Waals surface area contributed by atoms with Crippen LogP contribution in [0.1, 0.15) is 33.6 Å². The lowest BCUT2D eigenvalue weighted by Crippen LogP contribution is -2.52. The number of hydrogen-bond donors (Lipinski definition) is 2. The van der Waals surface area contributed by atoms with Gasteiger partial charge < -0.3 is 5.32 Å². The van der Waals surface area contributed by atoms with E-state index >= 15 is 0 Å². The molecule has 0 saturated heterocycles. The molecule has 0 radical (unpaired) electrons. The van der Waals surface area contributed by atoms with Crippen molar-refractivity contribution in [1.29, 1.82) is 0 Å². The standard InChI is InChI=1S/C15H21N3O3/c1-4-8-13(19)18(12-9-6-5-7-10-12)17-15(21)14(20)16-11(2)3/h5-7,9-11H,4,8H2,1-3H3,(H,16,20)(H,17,21). The molecule has 0 aromatic heterocycles. The van der Waals surface area contributed by atoms with Crippen molar-refractivity contribution in [2.45, 2.75) is 39.7 Å². The highest BCUT2D eigenvalue weighted by atomic mass is 16.2. The van der Waals surface area contributed by atoms with Gasteiger partial charge in [-0.2, -0.15) is 0 Å². The summed E-state index contributed by atoms with van der Waals surface area (Å²) in [7, 11) is 0. The van der Waals surface area contributed by atoms with Crippen LogP contribution in [0.15, 0.2) is 30.3 Å². The summed E-state index contributed by atoms with van der Waals surface area (Å²) in [4.78, 5) is 35.6. The van der Waals surface area contributed by atoms with Crippen LogP contribution in [-0.2, 0) is 14.4 Å². The Balaban J connectivity index is 2.86. The van der Waals surface area contributed by atoms with Gasteiger partial charge in [0.1, 0.15) is 0 Å². The third-order valence-corrected chi connectivity index (χ3v) is 2.57. The van der Waals surface area contributed by atoms with Crippen molar-refractivity contribution < 1.29 is 14.4 Å². The minimum atomic E-state index is -0.864. The van der Waals surface area contributed by atoms with Crippen LogP contribution in [0.2, 0.25) is 0 Å². The summed E-state index contributed by atoms with van der Waals surface area (Å²) in [6, 6.07) is 8.53. The molecule has 0 aliphatic rings. The van der Waals surface area contributed by atoms with E-state index < -0.39 is 11.8 Å². The Hall–Kier alpha value is -2.37. The molecule has 0 bridgehead atoms. The summed E-state index contributed by atoms with van der Waals surface area (Å²) in [6.07, 6.45) is 0.928. The first kappa shape index (κ1) is 16.7. The number of rotatable bonds is 4. The van der Waals surface area contributed by atoms with E-state index in [0.29, 0.717) is 12.1 Å². The Labute approximate surface area is 124 Å². The minimum absolute atomic E-state index is 0.153. The molecule has 0 atom stereocenters. The van der Waals surface area contributed by atoms with Gasteiger partial charge in [-0.15, -0.1) is 0 Å². The van der Waals surface area contributed by atoms with Gasteiger partial charge in [0, 0.05) is 12.5 Å². The third kappa shape index (κ3) is 5.25. The number of nitrogens with one attached hydrogen (secondary N) is 2. The first-order chi connectivity index (χ1) is 9.95. The molecule has 1 aromatic rings. The van der Waals surface area contributed by atoms with E-state index in [1.807, 2.05) is 6.92 Å². The van der Waals surface area contributed by atoms with Gasteiger partial charge in [0.25, 0.3) is 0 Å². The number of para-hydroxylation sites is 1. The highest BCUT2D eigenvalue weighted by Gasteiger charge is 2.22. The summed E-state index contributed by atoms with van der Waals surface area (Å²) < 4.78 is 0. The van der Waals surface area contributed by atoms with Crippen molar-refractivity contribution in [3.05, 3.63) is 30.3 Å². The van der Waals surface area contributed by atoms with Crippen molar-refractivity contribution in [2.24, 2.45) is 0 Å². The zero-order valence-electron chi connectivity index (χ0n) is 12.6. The maximum atomic E-state index is 12.1. The van der Waals surface area contributed by atoms with Crippen LogP contribution in [0.3, 0.4) is 0 Å². The van der Waals surface area contributed by atoms with Gasteiger partial charge in [-0.05, 0) is 32.4 Å². The van der Waals surface area contributed by atoms with Crippen LogP contribution in [-0.4, -0.2) is 23.8 Å². The lowest BCUT2D eigenvalue weighted by atomic mass is 10.2. The molecule has 0 spiro atoms. The van der Waals surface area contributed by atoms with Crippen molar-refractivity contribution in [2.75, 3.05) is 5.01 Å². The number of amides is 3. The molecular formula is C15H21N3O3. The highest BCUT2D eigenvalue weighted by molar-refractivity contribution is 6.35. The van der Waals surface area contributed by atoms with Gasteiger partial charge >= 0.3 is 11.8 Å². The molecule has 6 heteroatoms. The van der Waals surface area contributed by atoms with Gasteiger partial charge in [0.05, 0.1) is 5.69 Å². The largest absolute Gasteiger partial charge is 0.346 e. The molecule has 0 fully saturated rings. The van der Waals surface area contributed by atoms with Crippen LogP contribution in [0.25, 0.3) is 0 Å². The minimum Gasteiger partial charge on any atom is -0.346 e. The average Bonchev–Trinajstić information content (AvgIpc) is 2.44. The van der Waals surface area contributed by atoms with E-state index in [1.165, 1.54) is 0 Å². The molecule has 21 heavy (non-hydrogen) atoms. The van der Waals surface area contributed by atoms with Gasteiger partial charge in [0.2, 0.25) is 5.91 Å². The fourth-order valence-electron chi connectivity index (χ4n) is 1.65. The second-order valence-electron chi connectivity index (χ2n) is 4.88. The molecular weight excluding hydrogens is 270 g/mol. The monoisotopic (exact) mass is 291 g/mol. The van der Waals surface area contributed by atoms with Crippen LogP contribution < -0.4 is 15.8 Å². The first-order valence-corrected chi connectivity index (χ1v) is 6.95. The SMILES string of the molecule is CCCC(=O)N(NC(=O)C(=O)NC(C)C)c1ccccc1. The number of carbonyl (C=O) groups excluding carboxylic acids is 3. The Bertz CT molecular complexity index is 500. The topological polar surface area (TPSA) is 78.5 Å². The van der Waals surface area contributed by atoms with Crippen molar-refractivity contribution in [3.8, 4) is 0 Å². The number of anilines is 1. The number of nitrogens with zero attached hydrogens (tertiary/aromatic N) is 1. The van der Waals surface area contributed by atoms with Gasteiger partial charge in [-0.3, -0.25) is 19.8 Å². The number of hydrazine groups is 1. The fourth-order valence-corrected chi connectivity index (χ4v) is 1.65. The predicted octanol–water partition coefficient (Wildman–Crippen LogP) is 1.38. The van der Waals surface area contributed by atoms with Crippen molar-refractivity contribution >= 4 is 23.4 Å². The normalized spacial score (nSPS) is 10.1. The van der Waals surface area contributed by atoms with Crippen LogP contribution in [0.5, 0.6) is 0 Å². The summed E-state index contributed by atoms with van der Waals surface area (Å²) in [5, 5.41) is 3.60. The van der Waals surface area contributed by atoms with Crippen LogP contribution in [0, 0.1) is 0 Å². The Morgan fingerprint density at radius 1 is 1.10 bits per heavy atom. The molecule has 3 amide bonds. The molecule has 0 aliphatic carbocycles. The zero-order valence-corrected chi connectivity index (χ0v) is 12.6. The van der Waals surface area contributed by atoms with Gasteiger partial charge in [-0.1, -0.05) is 25.1 Å². The van der Waals surface area contributed by atoms with Crippen molar-refractivity contribution in [3.63, 3.8) is 0 Å². The zero-order chi connectivity index (χ0) is 15.8. The first-order valence-electron chi connectivity index (χ1n) is 6.95. The van der Waals surface area contributed by atoms with E-state index in [0.717, 1.165) is 5.01 Å². The molecule has 0 unspecified atom stereocenters. The molecule has 0 saturated carbocycles. The third-order valence-electron chi connectivity index (χ3n) is 2.57. The summed E-state index contributed by atoms with van der Waals surface area (Å²) >= 11 is 0. The number of carbonyl (C=O) groups is 3. The average molecular weight is 291 g/mol. The van der Waals surface area contributed by atoms with Crippen LogP contribution >= 0.6 is 0 Å². The smallest absolute Gasteiger partial charge is 0.328 e. The van der Waals surface area contributed by atoms with E-state index in [4.69, 9.17) is 0 Å². The number of hydrogen-bond acceptors (Lipinski definition) is 3. The molecule has 6 nitrogen and oxygen atoms in total. The van der Waals surface area contributed by atoms with E-state index in [-0.39, 0.29) is 18.4 Å². The van der Waals surface area contributed by atoms with E-state index in [9.17, 15) is 14.4 Å².